The highest BCUT2D eigenvalue weighted by Gasteiger charge is 2.11. The molecule has 2 N–H and O–H groups in total. The van der Waals surface area contributed by atoms with Crippen LogP contribution in [0.5, 0.6) is 0 Å². The molecular formula is C13H19ClFNO2S. The second-order valence-electron chi connectivity index (χ2n) is 4.58. The Bertz CT molecular complexity index is 519. The summed E-state index contributed by atoms with van der Waals surface area (Å²) in [6.45, 7) is 1.63. The van der Waals surface area contributed by atoms with Crippen molar-refractivity contribution >= 4 is 21.4 Å². The smallest absolute Gasteiger partial charge is 0.150 e. The van der Waals surface area contributed by atoms with Gasteiger partial charge in [0.05, 0.1) is 5.75 Å². The van der Waals surface area contributed by atoms with Gasteiger partial charge in [0.2, 0.25) is 0 Å². The average Bonchev–Trinajstić information content (AvgIpc) is 2.32. The molecular weight excluding hydrogens is 289 g/mol. The van der Waals surface area contributed by atoms with Crippen molar-refractivity contribution in [1.29, 1.82) is 0 Å². The van der Waals surface area contributed by atoms with Gasteiger partial charge in [0.25, 0.3) is 0 Å². The van der Waals surface area contributed by atoms with Crippen LogP contribution in [0.1, 0.15) is 25.3 Å². The lowest BCUT2D eigenvalue weighted by Crippen LogP contribution is -2.24. The van der Waals surface area contributed by atoms with Gasteiger partial charge in [-0.05, 0) is 37.0 Å². The van der Waals surface area contributed by atoms with Crippen molar-refractivity contribution < 1.29 is 12.8 Å². The molecule has 1 aromatic carbocycles. The van der Waals surface area contributed by atoms with Gasteiger partial charge in [-0.3, -0.25) is 0 Å². The fourth-order valence-electron chi connectivity index (χ4n) is 1.78. The van der Waals surface area contributed by atoms with Crippen LogP contribution in [0.2, 0.25) is 5.02 Å². The first-order chi connectivity index (χ1) is 8.84. The maximum atomic E-state index is 12.9. The number of nitrogens with two attached hydrogens (primary N) is 1. The summed E-state index contributed by atoms with van der Waals surface area (Å²) in [5.41, 5.74) is 6.72. The molecule has 0 spiro atoms. The van der Waals surface area contributed by atoms with Gasteiger partial charge >= 0.3 is 0 Å². The van der Waals surface area contributed by atoms with Crippen LogP contribution in [-0.4, -0.2) is 26.0 Å². The van der Waals surface area contributed by atoms with Crippen molar-refractivity contribution in [2.75, 3.05) is 11.5 Å². The monoisotopic (exact) mass is 307 g/mol. The van der Waals surface area contributed by atoms with E-state index in [1.807, 2.05) is 0 Å². The quantitative estimate of drug-likeness (QED) is 0.842. The Morgan fingerprint density at radius 3 is 2.68 bits per heavy atom. The normalized spacial score (nSPS) is 13.5. The van der Waals surface area contributed by atoms with Crippen LogP contribution in [-0.2, 0) is 16.3 Å². The molecule has 108 valence electrons. The molecule has 0 fully saturated rings. The van der Waals surface area contributed by atoms with E-state index in [0.717, 1.165) is 5.56 Å². The minimum atomic E-state index is -2.93. The van der Waals surface area contributed by atoms with Crippen molar-refractivity contribution in [3.63, 3.8) is 0 Å². The van der Waals surface area contributed by atoms with Crippen LogP contribution in [0.4, 0.5) is 4.39 Å². The van der Waals surface area contributed by atoms with Gasteiger partial charge in [-0.15, -0.1) is 0 Å². The number of rotatable bonds is 7. The predicted octanol–water partition coefficient (Wildman–Crippen LogP) is 2.56. The standard InChI is InChI=1S/C13H19ClFNO2S/c1-2-19(17,18)7-3-4-12(16)8-10-5-6-11(15)9-13(10)14/h5-6,9,12H,2-4,7-8,16H2,1H3. The summed E-state index contributed by atoms with van der Waals surface area (Å²) in [6, 6.07) is 4.04. The third kappa shape index (κ3) is 5.89. The highest BCUT2D eigenvalue weighted by atomic mass is 35.5. The Morgan fingerprint density at radius 2 is 2.11 bits per heavy atom. The Balaban J connectivity index is 2.45. The number of sulfone groups is 1. The van der Waals surface area contributed by atoms with Crippen LogP contribution >= 0.6 is 11.6 Å². The molecule has 0 bridgehead atoms. The zero-order valence-electron chi connectivity index (χ0n) is 10.9. The summed E-state index contributed by atoms with van der Waals surface area (Å²) < 4.78 is 35.5. The molecule has 0 saturated heterocycles. The molecule has 0 saturated carbocycles. The third-order valence-corrected chi connectivity index (χ3v) is 5.11. The van der Waals surface area contributed by atoms with Crippen LogP contribution in [0.25, 0.3) is 0 Å². The van der Waals surface area contributed by atoms with Gasteiger partial charge in [0, 0.05) is 16.8 Å². The molecule has 3 nitrogen and oxygen atoms in total. The number of halogens is 2. The van der Waals surface area contributed by atoms with Crippen molar-refractivity contribution in [2.24, 2.45) is 5.73 Å². The van der Waals surface area contributed by atoms with Crippen LogP contribution < -0.4 is 5.73 Å². The SMILES string of the molecule is CCS(=O)(=O)CCCC(N)Cc1ccc(F)cc1Cl. The fraction of sp³-hybridized carbons (Fsp3) is 0.538. The summed E-state index contributed by atoms with van der Waals surface area (Å²) in [4.78, 5) is 0. The van der Waals surface area contributed by atoms with Gasteiger partial charge in [0.15, 0.2) is 0 Å². The predicted molar refractivity (Wildman–Crippen MR) is 76.7 cm³/mol. The minimum absolute atomic E-state index is 0.159. The largest absolute Gasteiger partial charge is 0.327 e. The van der Waals surface area contributed by atoms with E-state index in [-0.39, 0.29) is 23.4 Å². The first-order valence-electron chi connectivity index (χ1n) is 6.24. The summed E-state index contributed by atoms with van der Waals surface area (Å²) in [5, 5.41) is 0.358. The third-order valence-electron chi connectivity index (χ3n) is 2.97. The number of hydrogen-bond acceptors (Lipinski definition) is 3. The molecule has 0 aromatic heterocycles. The zero-order valence-corrected chi connectivity index (χ0v) is 12.5. The summed E-state index contributed by atoms with van der Waals surface area (Å²) in [6.07, 6.45) is 1.66. The fourth-order valence-corrected chi connectivity index (χ4v) is 2.92. The van der Waals surface area contributed by atoms with Gasteiger partial charge in [-0.2, -0.15) is 0 Å². The Kier molecular flexibility index (Phi) is 6.23. The van der Waals surface area contributed by atoms with Crippen molar-refractivity contribution in [2.45, 2.75) is 32.2 Å². The lowest BCUT2D eigenvalue weighted by atomic mass is 10.0. The number of hydrogen-bond donors (Lipinski definition) is 1. The second kappa shape index (κ2) is 7.22. The lowest BCUT2D eigenvalue weighted by Gasteiger charge is -2.12. The molecule has 1 atom stereocenters. The summed E-state index contributed by atoms with van der Waals surface area (Å²) in [7, 11) is -2.93. The van der Waals surface area contributed by atoms with Gasteiger partial charge < -0.3 is 5.73 Å². The van der Waals surface area contributed by atoms with E-state index in [9.17, 15) is 12.8 Å². The molecule has 0 amide bonds. The molecule has 19 heavy (non-hydrogen) atoms. The molecule has 6 heteroatoms. The van der Waals surface area contributed by atoms with Crippen molar-refractivity contribution in [1.82, 2.24) is 0 Å². The molecule has 0 heterocycles. The van der Waals surface area contributed by atoms with Gasteiger partial charge in [-0.1, -0.05) is 24.6 Å². The average molecular weight is 308 g/mol. The van der Waals surface area contributed by atoms with E-state index in [4.69, 9.17) is 17.3 Å². The van der Waals surface area contributed by atoms with E-state index in [1.54, 1.807) is 13.0 Å². The highest BCUT2D eigenvalue weighted by molar-refractivity contribution is 7.91. The van der Waals surface area contributed by atoms with E-state index in [0.29, 0.717) is 24.3 Å². The summed E-state index contributed by atoms with van der Waals surface area (Å²) >= 11 is 5.91. The maximum absolute atomic E-state index is 12.9. The maximum Gasteiger partial charge on any atom is 0.150 e. The molecule has 1 aromatic rings. The van der Waals surface area contributed by atoms with Gasteiger partial charge in [0.1, 0.15) is 15.7 Å². The Hall–Kier alpha value is -0.650. The Labute approximate surface area is 118 Å². The first kappa shape index (κ1) is 16.4. The van der Waals surface area contributed by atoms with Crippen LogP contribution in [0.15, 0.2) is 18.2 Å². The van der Waals surface area contributed by atoms with Crippen LogP contribution in [0, 0.1) is 5.82 Å². The van der Waals surface area contributed by atoms with Crippen molar-refractivity contribution in [3.8, 4) is 0 Å². The zero-order chi connectivity index (χ0) is 14.5. The first-order valence-corrected chi connectivity index (χ1v) is 8.44. The highest BCUT2D eigenvalue weighted by Crippen LogP contribution is 2.19. The Morgan fingerprint density at radius 1 is 1.42 bits per heavy atom. The molecule has 1 unspecified atom stereocenters. The topological polar surface area (TPSA) is 60.2 Å². The number of benzene rings is 1. The molecule has 0 aliphatic carbocycles. The van der Waals surface area contributed by atoms with Crippen LogP contribution in [0.3, 0.4) is 0 Å². The van der Waals surface area contributed by atoms with E-state index < -0.39 is 9.84 Å². The molecule has 0 radical (unpaired) electrons. The second-order valence-corrected chi connectivity index (χ2v) is 7.46. The van der Waals surface area contributed by atoms with Crippen molar-refractivity contribution in [3.05, 3.63) is 34.6 Å². The van der Waals surface area contributed by atoms with E-state index >= 15 is 0 Å². The van der Waals surface area contributed by atoms with E-state index in [1.165, 1.54) is 12.1 Å². The molecule has 1 rings (SSSR count). The molecule has 0 aliphatic heterocycles. The molecule has 0 aliphatic rings. The van der Waals surface area contributed by atoms with E-state index in [2.05, 4.69) is 0 Å². The van der Waals surface area contributed by atoms with Gasteiger partial charge in [-0.25, -0.2) is 12.8 Å². The summed E-state index contributed by atoms with van der Waals surface area (Å²) in [5.74, 6) is -0.0586. The minimum Gasteiger partial charge on any atom is -0.327 e. The lowest BCUT2D eigenvalue weighted by molar-refractivity contribution is 0.574.